The molecule has 1 aliphatic rings. The summed E-state index contributed by atoms with van der Waals surface area (Å²) in [4.78, 5) is 28.6. The van der Waals surface area contributed by atoms with Crippen molar-refractivity contribution in [2.45, 2.75) is 44.2 Å². The Bertz CT molecular complexity index is 1010. The third-order valence-electron chi connectivity index (χ3n) is 5.61. The largest absolute Gasteiger partial charge is 0.459 e. The Balaban J connectivity index is 1.77. The first-order valence-electron chi connectivity index (χ1n) is 10.6. The van der Waals surface area contributed by atoms with Crippen molar-refractivity contribution in [3.8, 4) is 0 Å². The number of furan rings is 1. The lowest BCUT2D eigenvalue weighted by Crippen LogP contribution is -2.47. The Hall–Kier alpha value is -3.05. The molecule has 3 aromatic rings. The standard InChI is InChI=1S/C25H25ClN2O3/c26-19-11-7-14-21(17-19)28(25(30)22-15-8-16-31-22)23(18-9-3-1-4-10-18)24(29)27-20-12-5-2-6-13-20/h1,3-4,7-11,14-17,20,23H,2,5-6,12-13H2,(H,27,29)/t23-/m0/s1. The molecule has 2 amide bonds. The van der Waals surface area contributed by atoms with E-state index < -0.39 is 11.9 Å². The number of hydrogen-bond donors (Lipinski definition) is 1. The fourth-order valence-electron chi connectivity index (χ4n) is 4.11. The van der Waals surface area contributed by atoms with E-state index in [0.29, 0.717) is 10.7 Å². The maximum atomic E-state index is 13.6. The van der Waals surface area contributed by atoms with Gasteiger partial charge in [-0.3, -0.25) is 14.5 Å². The number of benzene rings is 2. The summed E-state index contributed by atoms with van der Waals surface area (Å²) in [5.41, 5.74) is 1.25. The monoisotopic (exact) mass is 436 g/mol. The Morgan fingerprint density at radius 1 is 0.968 bits per heavy atom. The van der Waals surface area contributed by atoms with E-state index in [9.17, 15) is 9.59 Å². The molecule has 0 aliphatic heterocycles. The number of carbonyl (C=O) groups is 2. The lowest BCUT2D eigenvalue weighted by Gasteiger charge is -2.33. The molecule has 1 heterocycles. The molecule has 1 aliphatic carbocycles. The van der Waals surface area contributed by atoms with Crippen molar-refractivity contribution in [3.05, 3.63) is 89.3 Å². The van der Waals surface area contributed by atoms with Gasteiger partial charge in [-0.1, -0.05) is 67.3 Å². The predicted octanol–water partition coefficient (Wildman–Crippen LogP) is 5.77. The zero-order chi connectivity index (χ0) is 21.6. The number of hydrogen-bond acceptors (Lipinski definition) is 3. The minimum Gasteiger partial charge on any atom is -0.459 e. The fourth-order valence-corrected chi connectivity index (χ4v) is 4.29. The van der Waals surface area contributed by atoms with E-state index in [-0.39, 0.29) is 17.7 Å². The summed E-state index contributed by atoms with van der Waals surface area (Å²) < 4.78 is 5.39. The van der Waals surface area contributed by atoms with Gasteiger partial charge >= 0.3 is 0 Å². The molecule has 0 saturated heterocycles. The molecule has 31 heavy (non-hydrogen) atoms. The maximum Gasteiger partial charge on any atom is 0.294 e. The third-order valence-corrected chi connectivity index (χ3v) is 5.85. The molecule has 0 radical (unpaired) electrons. The quantitative estimate of drug-likeness (QED) is 0.533. The summed E-state index contributed by atoms with van der Waals surface area (Å²) >= 11 is 6.24. The molecule has 160 valence electrons. The van der Waals surface area contributed by atoms with Gasteiger partial charge in [0, 0.05) is 16.8 Å². The summed E-state index contributed by atoms with van der Waals surface area (Å²) in [5, 5.41) is 3.67. The topological polar surface area (TPSA) is 62.6 Å². The highest BCUT2D eigenvalue weighted by atomic mass is 35.5. The number of nitrogens with one attached hydrogen (secondary N) is 1. The second kappa shape index (κ2) is 9.84. The number of carbonyl (C=O) groups excluding carboxylic acids is 2. The number of anilines is 1. The van der Waals surface area contributed by atoms with Gasteiger partial charge in [-0.25, -0.2) is 0 Å². The molecule has 4 rings (SSSR count). The average Bonchev–Trinajstić information content (AvgIpc) is 3.33. The van der Waals surface area contributed by atoms with Crippen molar-refractivity contribution in [2.75, 3.05) is 4.90 Å². The number of amides is 2. The molecular weight excluding hydrogens is 412 g/mol. The Labute approximate surface area is 187 Å². The second-order valence-electron chi connectivity index (χ2n) is 7.79. The van der Waals surface area contributed by atoms with Gasteiger partial charge in [-0.05, 0) is 48.7 Å². The fraction of sp³-hybridized carbons (Fsp3) is 0.280. The van der Waals surface area contributed by atoms with Crippen LogP contribution in [0.4, 0.5) is 5.69 Å². The van der Waals surface area contributed by atoms with E-state index in [1.54, 1.807) is 36.4 Å². The van der Waals surface area contributed by atoms with Crippen molar-refractivity contribution in [1.29, 1.82) is 0 Å². The molecule has 1 aromatic heterocycles. The van der Waals surface area contributed by atoms with Gasteiger partial charge in [-0.15, -0.1) is 0 Å². The first-order chi connectivity index (χ1) is 15.1. The van der Waals surface area contributed by atoms with Crippen LogP contribution in [0.2, 0.25) is 5.02 Å². The Kier molecular flexibility index (Phi) is 6.73. The van der Waals surface area contributed by atoms with Crippen LogP contribution in [0.5, 0.6) is 0 Å². The van der Waals surface area contributed by atoms with Crippen molar-refractivity contribution < 1.29 is 14.0 Å². The highest BCUT2D eigenvalue weighted by molar-refractivity contribution is 6.31. The van der Waals surface area contributed by atoms with Crippen LogP contribution >= 0.6 is 11.6 Å². The van der Waals surface area contributed by atoms with E-state index in [2.05, 4.69) is 5.32 Å². The van der Waals surface area contributed by atoms with Crippen molar-refractivity contribution in [1.82, 2.24) is 5.32 Å². The number of nitrogens with zero attached hydrogens (tertiary/aromatic N) is 1. The lowest BCUT2D eigenvalue weighted by molar-refractivity contribution is -0.123. The van der Waals surface area contributed by atoms with E-state index in [1.807, 2.05) is 30.3 Å². The van der Waals surface area contributed by atoms with Crippen molar-refractivity contribution in [3.63, 3.8) is 0 Å². The molecule has 1 N–H and O–H groups in total. The molecule has 5 nitrogen and oxygen atoms in total. The summed E-state index contributed by atoms with van der Waals surface area (Å²) in [5.74, 6) is -0.454. The van der Waals surface area contributed by atoms with E-state index in [0.717, 1.165) is 31.2 Å². The molecular formula is C25H25ClN2O3. The van der Waals surface area contributed by atoms with Crippen molar-refractivity contribution >= 4 is 29.1 Å². The molecule has 1 fully saturated rings. The van der Waals surface area contributed by atoms with Crippen LogP contribution in [0.1, 0.15) is 54.3 Å². The minimum absolute atomic E-state index is 0.118. The summed E-state index contributed by atoms with van der Waals surface area (Å²) in [7, 11) is 0. The molecule has 6 heteroatoms. The Morgan fingerprint density at radius 3 is 2.42 bits per heavy atom. The van der Waals surface area contributed by atoms with Crippen molar-refractivity contribution in [2.24, 2.45) is 0 Å². The molecule has 2 aromatic carbocycles. The molecule has 0 unspecified atom stereocenters. The van der Waals surface area contributed by atoms with Crippen LogP contribution in [0.3, 0.4) is 0 Å². The van der Waals surface area contributed by atoms with E-state index in [1.165, 1.54) is 17.6 Å². The summed E-state index contributed by atoms with van der Waals surface area (Å²) in [6.45, 7) is 0. The highest BCUT2D eigenvalue weighted by Gasteiger charge is 2.35. The zero-order valence-electron chi connectivity index (χ0n) is 17.2. The van der Waals surface area contributed by atoms with Gasteiger partial charge in [0.15, 0.2) is 5.76 Å². The van der Waals surface area contributed by atoms with E-state index >= 15 is 0 Å². The summed E-state index contributed by atoms with van der Waals surface area (Å²) in [6, 6.07) is 18.8. The van der Waals surface area contributed by atoms with Crippen LogP contribution in [-0.2, 0) is 4.79 Å². The first kappa shape index (κ1) is 21.2. The third kappa shape index (κ3) is 5.00. The second-order valence-corrected chi connectivity index (χ2v) is 8.23. The van der Waals surface area contributed by atoms with Gasteiger partial charge in [0.2, 0.25) is 5.91 Å². The molecule has 1 saturated carbocycles. The summed E-state index contributed by atoms with van der Waals surface area (Å²) in [6.07, 6.45) is 6.75. The number of rotatable bonds is 6. The van der Waals surface area contributed by atoms with E-state index in [4.69, 9.17) is 16.0 Å². The van der Waals surface area contributed by atoms with Gasteiger partial charge in [0.25, 0.3) is 5.91 Å². The van der Waals surface area contributed by atoms with Crippen LogP contribution in [-0.4, -0.2) is 17.9 Å². The van der Waals surface area contributed by atoms with Gasteiger partial charge < -0.3 is 9.73 Å². The van der Waals surface area contributed by atoms with Crippen LogP contribution < -0.4 is 10.2 Å². The van der Waals surface area contributed by atoms with Crippen LogP contribution in [0.15, 0.2) is 77.4 Å². The normalized spacial score (nSPS) is 15.3. The highest BCUT2D eigenvalue weighted by Crippen LogP contribution is 2.32. The Morgan fingerprint density at radius 2 is 1.74 bits per heavy atom. The molecule has 1 atom stereocenters. The van der Waals surface area contributed by atoms with Crippen LogP contribution in [0.25, 0.3) is 0 Å². The minimum atomic E-state index is -0.862. The zero-order valence-corrected chi connectivity index (χ0v) is 17.9. The van der Waals surface area contributed by atoms with Gasteiger partial charge in [-0.2, -0.15) is 0 Å². The van der Waals surface area contributed by atoms with Gasteiger partial charge in [0.1, 0.15) is 6.04 Å². The first-order valence-corrected chi connectivity index (χ1v) is 11.0. The SMILES string of the molecule is O=C(NC1CCCCC1)[C@H](c1ccccc1)N(C(=O)c1ccco1)c1cccc(Cl)c1. The predicted molar refractivity (Wildman–Crippen MR) is 121 cm³/mol. The van der Waals surface area contributed by atoms with Gasteiger partial charge in [0.05, 0.1) is 6.26 Å². The molecule has 0 spiro atoms. The average molecular weight is 437 g/mol. The molecule has 0 bridgehead atoms. The van der Waals surface area contributed by atoms with Crippen LogP contribution in [0, 0.1) is 0 Å². The maximum absolute atomic E-state index is 13.6. The number of halogens is 1. The smallest absolute Gasteiger partial charge is 0.294 e. The lowest BCUT2D eigenvalue weighted by atomic mass is 9.94.